The maximum absolute atomic E-state index is 13.2. The number of hydrogen-bond acceptors (Lipinski definition) is 4. The van der Waals surface area contributed by atoms with Gasteiger partial charge in [0.1, 0.15) is 17.3 Å². The van der Waals surface area contributed by atoms with E-state index in [9.17, 15) is 9.18 Å². The third-order valence-electron chi connectivity index (χ3n) is 4.51. The second-order valence-corrected chi connectivity index (χ2v) is 6.44. The van der Waals surface area contributed by atoms with Crippen molar-refractivity contribution in [1.29, 1.82) is 0 Å². The molecule has 0 aliphatic rings. The van der Waals surface area contributed by atoms with E-state index < -0.39 is 0 Å². The highest BCUT2D eigenvalue weighted by Gasteiger charge is 2.16. The Morgan fingerprint density at radius 1 is 1.03 bits per heavy atom. The Hall–Kier alpha value is -3.61. The van der Waals surface area contributed by atoms with Crippen LogP contribution in [0.1, 0.15) is 27.3 Å². The number of carbonyl (C=O) groups excluding carboxylic acids is 1. The Labute approximate surface area is 168 Å². The lowest BCUT2D eigenvalue weighted by molar-refractivity contribution is 0.0954. The van der Waals surface area contributed by atoms with Gasteiger partial charge in [0.15, 0.2) is 0 Å². The molecular weight excluding hydrogens is 373 g/mol. The van der Waals surface area contributed by atoms with Gasteiger partial charge < -0.3 is 14.0 Å². The van der Waals surface area contributed by atoms with Crippen LogP contribution in [0.4, 0.5) is 4.39 Å². The number of benzene rings is 2. The Balaban J connectivity index is 1.79. The fourth-order valence-electron chi connectivity index (χ4n) is 3.11. The average molecular weight is 395 g/mol. The van der Waals surface area contributed by atoms with Crippen LogP contribution in [0, 0.1) is 19.7 Å². The van der Waals surface area contributed by atoms with E-state index in [1.165, 1.54) is 18.3 Å². The van der Waals surface area contributed by atoms with E-state index in [1.807, 2.05) is 18.4 Å². The molecule has 1 heterocycles. The first-order valence-electron chi connectivity index (χ1n) is 8.94. The zero-order valence-corrected chi connectivity index (χ0v) is 16.7. The zero-order valence-electron chi connectivity index (χ0n) is 16.7. The lowest BCUT2D eigenvalue weighted by atomic mass is 10.2. The van der Waals surface area contributed by atoms with Crippen molar-refractivity contribution in [3.63, 3.8) is 0 Å². The number of amides is 1. The van der Waals surface area contributed by atoms with E-state index >= 15 is 0 Å². The van der Waals surface area contributed by atoms with Crippen molar-refractivity contribution in [2.45, 2.75) is 13.8 Å². The van der Waals surface area contributed by atoms with Crippen LogP contribution in [-0.4, -0.2) is 30.9 Å². The minimum absolute atomic E-state index is 0.308. The molecule has 3 aromatic rings. The molecule has 1 amide bonds. The van der Waals surface area contributed by atoms with E-state index in [2.05, 4.69) is 10.5 Å². The number of ether oxygens (including phenoxy) is 2. The highest BCUT2D eigenvalue weighted by molar-refractivity contribution is 5.96. The van der Waals surface area contributed by atoms with Gasteiger partial charge in [0.2, 0.25) is 0 Å². The highest BCUT2D eigenvalue weighted by atomic mass is 19.1. The number of hydrazone groups is 1. The van der Waals surface area contributed by atoms with Gasteiger partial charge in [-0.15, -0.1) is 0 Å². The SMILES string of the molecule is COc1cc(/C=N\NC(=O)c2cc(C)n(-c3ccc(F)cc3)c2C)cc(OC)c1. The lowest BCUT2D eigenvalue weighted by Crippen LogP contribution is -2.18. The van der Waals surface area contributed by atoms with Gasteiger partial charge in [0.25, 0.3) is 5.91 Å². The van der Waals surface area contributed by atoms with E-state index in [0.29, 0.717) is 17.1 Å². The monoisotopic (exact) mass is 395 g/mol. The normalized spacial score (nSPS) is 10.9. The predicted octanol–water partition coefficient (Wildman–Crippen LogP) is 4.01. The second kappa shape index (κ2) is 8.60. The van der Waals surface area contributed by atoms with E-state index in [1.54, 1.807) is 50.6 Å². The predicted molar refractivity (Wildman–Crippen MR) is 110 cm³/mol. The zero-order chi connectivity index (χ0) is 21.0. The molecule has 2 aromatic carbocycles. The number of hydrogen-bond donors (Lipinski definition) is 1. The first-order valence-corrected chi connectivity index (χ1v) is 8.94. The van der Waals surface area contributed by atoms with Crippen LogP contribution in [0.5, 0.6) is 11.5 Å². The molecule has 0 aliphatic heterocycles. The molecule has 6 nitrogen and oxygen atoms in total. The van der Waals surface area contributed by atoms with Crippen LogP contribution >= 0.6 is 0 Å². The van der Waals surface area contributed by atoms with Gasteiger partial charge >= 0.3 is 0 Å². The summed E-state index contributed by atoms with van der Waals surface area (Å²) in [4.78, 5) is 12.6. The summed E-state index contributed by atoms with van der Waals surface area (Å²) in [5.74, 6) is 0.607. The van der Waals surface area contributed by atoms with E-state index in [-0.39, 0.29) is 11.7 Å². The summed E-state index contributed by atoms with van der Waals surface area (Å²) in [6.07, 6.45) is 1.52. The third kappa shape index (κ3) is 4.45. The number of halogens is 1. The number of aromatic nitrogens is 1. The molecule has 0 fully saturated rings. The maximum Gasteiger partial charge on any atom is 0.273 e. The standard InChI is InChI=1S/C22H22FN3O3/c1-14-9-21(15(2)26(14)18-7-5-17(23)6-8-18)22(27)25-24-13-16-10-19(28-3)12-20(11-16)29-4/h5-13H,1-4H3,(H,25,27)/b24-13-. The summed E-state index contributed by atoms with van der Waals surface area (Å²) >= 11 is 0. The summed E-state index contributed by atoms with van der Waals surface area (Å²) in [6.45, 7) is 3.72. The van der Waals surface area contributed by atoms with Crippen LogP contribution in [0.25, 0.3) is 5.69 Å². The second-order valence-electron chi connectivity index (χ2n) is 6.44. The first-order chi connectivity index (χ1) is 13.9. The minimum atomic E-state index is -0.336. The van der Waals surface area contributed by atoms with E-state index in [4.69, 9.17) is 9.47 Å². The smallest absolute Gasteiger partial charge is 0.273 e. The summed E-state index contributed by atoms with van der Waals surface area (Å²) < 4.78 is 25.5. The van der Waals surface area contributed by atoms with Crippen molar-refractivity contribution >= 4 is 12.1 Å². The molecular formula is C22H22FN3O3. The molecule has 1 aromatic heterocycles. The van der Waals surface area contributed by atoms with Gasteiger partial charge in [-0.25, -0.2) is 9.82 Å². The molecule has 29 heavy (non-hydrogen) atoms. The Morgan fingerprint density at radius 3 is 2.24 bits per heavy atom. The molecule has 7 heteroatoms. The van der Waals surface area contributed by atoms with Gasteiger partial charge in [-0.2, -0.15) is 5.10 Å². The number of nitrogens with one attached hydrogen (secondary N) is 1. The summed E-state index contributed by atoms with van der Waals surface area (Å²) in [5, 5.41) is 4.04. The summed E-state index contributed by atoms with van der Waals surface area (Å²) in [6, 6.07) is 13.2. The van der Waals surface area contributed by atoms with Crippen molar-refractivity contribution in [2.24, 2.45) is 5.10 Å². The molecule has 0 saturated heterocycles. The summed E-state index contributed by atoms with van der Waals surface area (Å²) in [7, 11) is 3.13. The Morgan fingerprint density at radius 2 is 1.66 bits per heavy atom. The van der Waals surface area contributed by atoms with E-state index in [0.717, 1.165) is 22.6 Å². The number of carbonyl (C=O) groups is 1. The van der Waals surface area contributed by atoms with Crippen molar-refractivity contribution in [3.05, 3.63) is 76.9 Å². The molecule has 0 saturated carbocycles. The molecule has 0 aliphatic carbocycles. The number of rotatable bonds is 6. The van der Waals surface area contributed by atoms with Crippen LogP contribution < -0.4 is 14.9 Å². The van der Waals surface area contributed by atoms with Gasteiger partial charge in [0, 0.05) is 28.7 Å². The number of methoxy groups -OCH3 is 2. The fourth-order valence-corrected chi connectivity index (χ4v) is 3.11. The number of nitrogens with zero attached hydrogens (tertiary/aromatic N) is 2. The summed E-state index contributed by atoms with van der Waals surface area (Å²) in [5.41, 5.74) is 6.14. The molecule has 0 atom stereocenters. The van der Waals surface area contributed by atoms with Gasteiger partial charge in [-0.05, 0) is 56.3 Å². The Bertz CT molecular complexity index is 1030. The largest absolute Gasteiger partial charge is 0.497 e. The average Bonchev–Trinajstić information content (AvgIpc) is 3.02. The molecule has 0 radical (unpaired) electrons. The quantitative estimate of drug-likeness (QED) is 0.507. The van der Waals surface area contributed by atoms with Gasteiger partial charge in [0.05, 0.1) is 26.0 Å². The Kier molecular flexibility index (Phi) is 5.97. The highest BCUT2D eigenvalue weighted by Crippen LogP contribution is 2.22. The van der Waals surface area contributed by atoms with Crippen LogP contribution in [0.3, 0.4) is 0 Å². The first kappa shape index (κ1) is 20.1. The molecule has 0 unspecified atom stereocenters. The van der Waals surface area contributed by atoms with Crippen LogP contribution in [-0.2, 0) is 0 Å². The van der Waals surface area contributed by atoms with Crippen LogP contribution in [0.15, 0.2) is 53.6 Å². The van der Waals surface area contributed by atoms with Crippen molar-refractivity contribution in [1.82, 2.24) is 9.99 Å². The minimum Gasteiger partial charge on any atom is -0.497 e. The molecule has 0 bridgehead atoms. The number of aryl methyl sites for hydroxylation is 1. The fraction of sp³-hybridized carbons (Fsp3) is 0.182. The van der Waals surface area contributed by atoms with Gasteiger partial charge in [-0.1, -0.05) is 0 Å². The lowest BCUT2D eigenvalue weighted by Gasteiger charge is -2.09. The third-order valence-corrected chi connectivity index (χ3v) is 4.51. The molecule has 1 N–H and O–H groups in total. The van der Waals surface area contributed by atoms with Gasteiger partial charge in [-0.3, -0.25) is 4.79 Å². The van der Waals surface area contributed by atoms with Crippen molar-refractivity contribution in [2.75, 3.05) is 14.2 Å². The molecule has 3 rings (SSSR count). The molecule has 150 valence electrons. The van der Waals surface area contributed by atoms with Crippen molar-refractivity contribution < 1.29 is 18.7 Å². The van der Waals surface area contributed by atoms with Crippen LogP contribution in [0.2, 0.25) is 0 Å². The maximum atomic E-state index is 13.2. The molecule has 0 spiro atoms. The topological polar surface area (TPSA) is 64.8 Å². The van der Waals surface area contributed by atoms with Crippen molar-refractivity contribution in [3.8, 4) is 17.2 Å².